The summed E-state index contributed by atoms with van der Waals surface area (Å²) in [6.45, 7) is 2.24. The SMILES string of the molecule is CCCCn1c([O-])c(Cc2ccc(Cl)cc2Cl)c(=O)[nH]c1=O.[Na+]. The zero-order chi connectivity index (χ0) is 16.3. The van der Waals surface area contributed by atoms with Crippen LogP contribution in [0.15, 0.2) is 27.8 Å². The number of aromatic nitrogens is 2. The largest absolute Gasteiger partial charge is 1.00 e. The van der Waals surface area contributed by atoms with Crippen LogP contribution in [0.3, 0.4) is 0 Å². The third kappa shape index (κ3) is 4.88. The first kappa shape index (κ1) is 20.3. The van der Waals surface area contributed by atoms with Gasteiger partial charge in [-0.3, -0.25) is 9.78 Å². The Balaban J connectivity index is 0.00000264. The molecule has 0 aliphatic heterocycles. The topological polar surface area (TPSA) is 77.9 Å². The van der Waals surface area contributed by atoms with Crippen LogP contribution < -0.4 is 45.9 Å². The molecule has 0 spiro atoms. The number of aromatic amines is 1. The molecule has 23 heavy (non-hydrogen) atoms. The van der Waals surface area contributed by atoms with Gasteiger partial charge in [0.25, 0.3) is 5.56 Å². The van der Waals surface area contributed by atoms with Gasteiger partial charge in [0.05, 0.1) is 0 Å². The van der Waals surface area contributed by atoms with Gasteiger partial charge in [0.1, 0.15) is 0 Å². The molecule has 5 nitrogen and oxygen atoms in total. The molecule has 1 N–H and O–H groups in total. The Bertz CT molecular complexity index is 802. The van der Waals surface area contributed by atoms with Gasteiger partial charge in [-0.05, 0) is 30.0 Å². The fourth-order valence-corrected chi connectivity index (χ4v) is 2.60. The standard InChI is InChI=1S/C15H16Cl2N2O3.Na/c1-2-3-6-19-14(21)11(13(20)18-15(19)22)7-9-4-5-10(16)8-12(9)17;/h4-5,8,21H,2-3,6-7H2,1H3,(H,18,20,22);/q;+1/p-1. The van der Waals surface area contributed by atoms with Crippen LogP contribution in [0, 0.1) is 0 Å². The van der Waals surface area contributed by atoms with Crippen LogP contribution in [0.2, 0.25) is 10.0 Å². The van der Waals surface area contributed by atoms with Crippen molar-refractivity contribution < 1.29 is 34.7 Å². The maximum absolute atomic E-state index is 12.4. The van der Waals surface area contributed by atoms with E-state index in [0.29, 0.717) is 22.0 Å². The second-order valence-electron chi connectivity index (χ2n) is 4.96. The minimum absolute atomic E-state index is 0. The molecule has 2 aromatic rings. The summed E-state index contributed by atoms with van der Waals surface area (Å²) in [7, 11) is 0. The quantitative estimate of drug-likeness (QED) is 0.713. The van der Waals surface area contributed by atoms with Crippen LogP contribution in [0.1, 0.15) is 30.9 Å². The number of H-pyrrole nitrogens is 1. The summed E-state index contributed by atoms with van der Waals surface area (Å²) in [5.74, 6) is -0.562. The second-order valence-corrected chi connectivity index (χ2v) is 5.80. The Morgan fingerprint density at radius 2 is 1.96 bits per heavy atom. The summed E-state index contributed by atoms with van der Waals surface area (Å²) in [5.41, 5.74) is -0.738. The fourth-order valence-electron chi connectivity index (χ4n) is 2.12. The normalized spacial score (nSPS) is 10.4. The van der Waals surface area contributed by atoms with Crippen LogP contribution >= 0.6 is 23.2 Å². The molecule has 0 bridgehead atoms. The zero-order valence-corrected chi connectivity index (χ0v) is 16.5. The van der Waals surface area contributed by atoms with Gasteiger partial charge in [-0.2, -0.15) is 0 Å². The molecule has 0 atom stereocenters. The van der Waals surface area contributed by atoms with Crippen molar-refractivity contribution in [1.29, 1.82) is 0 Å². The van der Waals surface area contributed by atoms with Crippen LogP contribution in [0.25, 0.3) is 0 Å². The molecule has 8 heteroatoms. The third-order valence-corrected chi connectivity index (χ3v) is 3.95. The van der Waals surface area contributed by atoms with Crippen molar-refractivity contribution in [1.82, 2.24) is 9.55 Å². The summed E-state index contributed by atoms with van der Waals surface area (Å²) in [6, 6.07) is 4.84. The molecule has 0 radical (unpaired) electrons. The van der Waals surface area contributed by atoms with E-state index >= 15 is 0 Å². The van der Waals surface area contributed by atoms with E-state index in [0.717, 1.165) is 11.0 Å². The number of nitrogens with zero attached hydrogens (tertiary/aromatic N) is 1. The van der Waals surface area contributed by atoms with Crippen LogP contribution in [-0.2, 0) is 13.0 Å². The summed E-state index contributed by atoms with van der Waals surface area (Å²) in [6.07, 6.45) is 1.57. The van der Waals surface area contributed by atoms with E-state index in [9.17, 15) is 14.7 Å². The van der Waals surface area contributed by atoms with Gasteiger partial charge >= 0.3 is 35.2 Å². The molecule has 0 unspecified atom stereocenters. The molecule has 0 saturated carbocycles. The van der Waals surface area contributed by atoms with E-state index in [1.807, 2.05) is 6.92 Å². The first-order valence-corrected chi connectivity index (χ1v) is 7.66. The van der Waals surface area contributed by atoms with Gasteiger partial charge in [-0.15, -0.1) is 0 Å². The van der Waals surface area contributed by atoms with Gasteiger partial charge in [0.15, 0.2) is 0 Å². The van der Waals surface area contributed by atoms with Crippen molar-refractivity contribution in [3.05, 3.63) is 60.2 Å². The van der Waals surface area contributed by atoms with Gasteiger partial charge in [0.2, 0.25) is 0 Å². The Hall–Kier alpha value is -0.720. The molecule has 1 heterocycles. The fraction of sp³-hybridized carbons (Fsp3) is 0.333. The van der Waals surface area contributed by atoms with Crippen molar-refractivity contribution in [3.8, 4) is 5.88 Å². The average molecular weight is 365 g/mol. The van der Waals surface area contributed by atoms with Crippen molar-refractivity contribution in [2.24, 2.45) is 0 Å². The summed E-state index contributed by atoms with van der Waals surface area (Å²) < 4.78 is 1.06. The van der Waals surface area contributed by atoms with Gasteiger partial charge < -0.3 is 9.67 Å². The maximum atomic E-state index is 12.4. The van der Waals surface area contributed by atoms with Crippen LogP contribution in [0.4, 0.5) is 0 Å². The number of nitrogens with one attached hydrogen (secondary N) is 1. The smallest absolute Gasteiger partial charge is 0.860 e. The predicted octanol–water partition coefficient (Wildman–Crippen LogP) is -0.688. The molecule has 1 aromatic carbocycles. The molecule has 118 valence electrons. The van der Waals surface area contributed by atoms with E-state index < -0.39 is 17.1 Å². The van der Waals surface area contributed by atoms with E-state index in [-0.39, 0.29) is 48.1 Å². The first-order chi connectivity index (χ1) is 10.4. The molecule has 0 fully saturated rings. The van der Waals surface area contributed by atoms with E-state index in [2.05, 4.69) is 4.98 Å². The third-order valence-electron chi connectivity index (χ3n) is 3.36. The van der Waals surface area contributed by atoms with Crippen molar-refractivity contribution in [2.45, 2.75) is 32.7 Å². The van der Waals surface area contributed by atoms with Gasteiger partial charge in [-0.1, -0.05) is 42.6 Å². The summed E-state index contributed by atoms with van der Waals surface area (Å²) in [5, 5.41) is 13.2. The molecule has 1 aromatic heterocycles. The van der Waals surface area contributed by atoms with E-state index in [4.69, 9.17) is 23.2 Å². The van der Waals surface area contributed by atoms with Crippen LogP contribution in [0.5, 0.6) is 5.88 Å². The van der Waals surface area contributed by atoms with Crippen LogP contribution in [-0.4, -0.2) is 9.55 Å². The Labute approximate surface area is 165 Å². The van der Waals surface area contributed by atoms with E-state index in [1.165, 1.54) is 0 Å². The summed E-state index contributed by atoms with van der Waals surface area (Å²) >= 11 is 11.9. The van der Waals surface area contributed by atoms with Crippen molar-refractivity contribution in [2.75, 3.05) is 0 Å². The Kier molecular flexibility index (Phi) is 7.90. The predicted molar refractivity (Wildman–Crippen MR) is 84.9 cm³/mol. The number of hydrogen-bond acceptors (Lipinski definition) is 3. The monoisotopic (exact) mass is 364 g/mol. The average Bonchev–Trinajstić information content (AvgIpc) is 2.45. The number of unbranched alkanes of at least 4 members (excludes halogenated alkanes) is 1. The Morgan fingerprint density at radius 1 is 1.26 bits per heavy atom. The Morgan fingerprint density at radius 3 is 2.57 bits per heavy atom. The summed E-state index contributed by atoms with van der Waals surface area (Å²) in [4.78, 5) is 25.9. The number of rotatable bonds is 5. The van der Waals surface area contributed by atoms with Gasteiger partial charge in [-0.25, -0.2) is 4.79 Å². The van der Waals surface area contributed by atoms with Crippen molar-refractivity contribution >= 4 is 23.2 Å². The molecule has 0 aliphatic carbocycles. The first-order valence-electron chi connectivity index (χ1n) is 6.91. The molecule has 2 rings (SSSR count). The minimum Gasteiger partial charge on any atom is -0.860 e. The minimum atomic E-state index is -0.672. The van der Waals surface area contributed by atoms with Gasteiger partial charge in [0, 0.05) is 28.6 Å². The molecule has 0 amide bonds. The number of halogens is 2. The van der Waals surface area contributed by atoms with E-state index in [1.54, 1.807) is 18.2 Å². The zero-order valence-electron chi connectivity index (χ0n) is 13.0. The molecule has 0 saturated heterocycles. The number of hydrogen-bond donors (Lipinski definition) is 1. The molecule has 0 aliphatic rings. The van der Waals surface area contributed by atoms with Crippen molar-refractivity contribution in [3.63, 3.8) is 0 Å². The molecular weight excluding hydrogens is 350 g/mol. The molecular formula is C15H15Cl2N2NaO3. The number of benzene rings is 1. The second kappa shape index (κ2) is 8.94. The maximum Gasteiger partial charge on any atom is 1.00 e.